The van der Waals surface area contributed by atoms with E-state index in [0.717, 1.165) is 19.3 Å². The molecular formula is C25H38N2O5S. The van der Waals surface area contributed by atoms with Gasteiger partial charge in [-0.05, 0) is 25.2 Å². The van der Waals surface area contributed by atoms with Crippen molar-refractivity contribution in [2.45, 2.75) is 68.5 Å². The number of rotatable bonds is 12. The number of unbranched alkanes of at least 4 members (excludes halogenated alkanes) is 1. The highest BCUT2D eigenvalue weighted by atomic mass is 32.2. The first-order chi connectivity index (χ1) is 15.8. The molecule has 0 aliphatic carbocycles. The number of esters is 1. The van der Waals surface area contributed by atoms with Crippen LogP contribution in [0.25, 0.3) is 0 Å². The molecule has 0 radical (unpaired) electrons. The van der Waals surface area contributed by atoms with Crippen molar-refractivity contribution in [3.8, 4) is 0 Å². The lowest BCUT2D eigenvalue weighted by molar-refractivity contribution is -0.153. The maximum atomic E-state index is 14.1. The fourth-order valence-electron chi connectivity index (χ4n) is 5.82. The maximum Gasteiger partial charge on any atom is 0.311 e. The van der Waals surface area contributed by atoms with Gasteiger partial charge in [-0.15, -0.1) is 18.3 Å². The number of ether oxygens (including phenoxy) is 1. The molecule has 0 aromatic carbocycles. The molecule has 3 saturated heterocycles. The quantitative estimate of drug-likeness (QED) is 0.343. The molecule has 3 heterocycles. The van der Waals surface area contributed by atoms with Crippen molar-refractivity contribution in [1.29, 1.82) is 0 Å². The van der Waals surface area contributed by atoms with Gasteiger partial charge < -0.3 is 19.6 Å². The highest BCUT2D eigenvalue weighted by Crippen LogP contribution is 2.67. The topological polar surface area (TPSA) is 87.1 Å². The summed E-state index contributed by atoms with van der Waals surface area (Å²) in [7, 11) is 0. The molecule has 3 rings (SSSR count). The van der Waals surface area contributed by atoms with Crippen molar-refractivity contribution in [1.82, 2.24) is 9.80 Å². The summed E-state index contributed by atoms with van der Waals surface area (Å²) in [5, 5.41) is 10.2. The van der Waals surface area contributed by atoms with Gasteiger partial charge in [-0.1, -0.05) is 45.9 Å². The van der Waals surface area contributed by atoms with Crippen molar-refractivity contribution in [2.24, 2.45) is 17.8 Å². The van der Waals surface area contributed by atoms with Crippen LogP contribution in [0, 0.1) is 17.8 Å². The normalized spacial score (nSPS) is 30.9. The molecule has 8 heteroatoms. The predicted molar refractivity (Wildman–Crippen MR) is 130 cm³/mol. The molecule has 3 aliphatic heterocycles. The van der Waals surface area contributed by atoms with Crippen LogP contribution in [-0.4, -0.2) is 81.1 Å². The van der Waals surface area contributed by atoms with Crippen LogP contribution in [0.5, 0.6) is 0 Å². The Balaban J connectivity index is 2.06. The summed E-state index contributed by atoms with van der Waals surface area (Å²) in [6, 6.07) is -1.20. The van der Waals surface area contributed by atoms with E-state index < -0.39 is 28.7 Å². The minimum atomic E-state index is -0.710. The van der Waals surface area contributed by atoms with Gasteiger partial charge in [-0.3, -0.25) is 14.4 Å². The van der Waals surface area contributed by atoms with Crippen LogP contribution in [0.4, 0.5) is 0 Å². The van der Waals surface area contributed by atoms with E-state index in [4.69, 9.17) is 4.74 Å². The summed E-state index contributed by atoms with van der Waals surface area (Å²) in [5.74, 6) is -1.93. The van der Waals surface area contributed by atoms with Crippen molar-refractivity contribution >= 4 is 29.5 Å². The Morgan fingerprint density at radius 3 is 2.67 bits per heavy atom. The van der Waals surface area contributed by atoms with E-state index in [9.17, 15) is 19.5 Å². The van der Waals surface area contributed by atoms with Crippen LogP contribution in [-0.2, 0) is 19.1 Å². The van der Waals surface area contributed by atoms with Gasteiger partial charge in [0.25, 0.3) is 0 Å². The smallest absolute Gasteiger partial charge is 0.311 e. The summed E-state index contributed by atoms with van der Waals surface area (Å²) in [4.78, 5) is 44.4. The fourth-order valence-corrected chi connectivity index (χ4v) is 8.01. The molecule has 2 bridgehead atoms. The molecule has 2 amide bonds. The van der Waals surface area contributed by atoms with E-state index in [-0.39, 0.29) is 42.2 Å². The Bertz CT molecular complexity index is 787. The van der Waals surface area contributed by atoms with Gasteiger partial charge in [0, 0.05) is 18.3 Å². The molecule has 3 fully saturated rings. The fraction of sp³-hybridized carbons (Fsp3) is 0.720. The Labute approximate surface area is 201 Å². The lowest BCUT2D eigenvalue weighted by atomic mass is 9.71. The number of aliphatic hydroxyl groups excluding tert-OH is 1. The molecule has 0 aromatic heterocycles. The zero-order valence-electron chi connectivity index (χ0n) is 20.1. The van der Waals surface area contributed by atoms with E-state index in [1.165, 1.54) is 6.08 Å². The second-order valence-corrected chi connectivity index (χ2v) is 11.2. The number of amides is 2. The van der Waals surface area contributed by atoms with Crippen LogP contribution >= 0.6 is 11.8 Å². The van der Waals surface area contributed by atoms with E-state index in [2.05, 4.69) is 20.1 Å². The monoisotopic (exact) mass is 478 g/mol. The van der Waals surface area contributed by atoms with Crippen LogP contribution in [0.1, 0.15) is 46.5 Å². The molecule has 33 heavy (non-hydrogen) atoms. The first kappa shape index (κ1) is 25.8. The third kappa shape index (κ3) is 4.36. The van der Waals surface area contributed by atoms with E-state index in [1.807, 2.05) is 13.8 Å². The lowest BCUT2D eigenvalue weighted by Crippen LogP contribution is -2.58. The van der Waals surface area contributed by atoms with E-state index in [1.54, 1.807) is 27.6 Å². The summed E-state index contributed by atoms with van der Waals surface area (Å²) in [6.07, 6.45) is 6.50. The first-order valence-corrected chi connectivity index (χ1v) is 12.9. The molecule has 1 spiro atoms. The molecule has 0 saturated carbocycles. The number of carbonyl (C=O) groups excluding carboxylic acids is 3. The van der Waals surface area contributed by atoms with Gasteiger partial charge in [-0.25, -0.2) is 0 Å². The second-order valence-electron chi connectivity index (χ2n) is 9.64. The Kier molecular flexibility index (Phi) is 8.32. The number of likely N-dealkylation sites (tertiary alicyclic amines) is 1. The Hall–Kier alpha value is -1.80. The number of hydrogen-bond donors (Lipinski definition) is 1. The maximum absolute atomic E-state index is 14.1. The minimum Gasteiger partial charge on any atom is -0.461 e. The molecule has 184 valence electrons. The zero-order chi connectivity index (χ0) is 24.3. The largest absolute Gasteiger partial charge is 0.461 e. The van der Waals surface area contributed by atoms with Gasteiger partial charge in [0.05, 0.1) is 29.2 Å². The molecule has 7 nitrogen and oxygen atoms in total. The highest BCUT2D eigenvalue weighted by Gasteiger charge is 2.74. The van der Waals surface area contributed by atoms with Gasteiger partial charge in [0.1, 0.15) is 12.6 Å². The average Bonchev–Trinajstić information content (AvgIpc) is 3.43. The van der Waals surface area contributed by atoms with Crippen LogP contribution in [0.3, 0.4) is 0 Å². The summed E-state index contributed by atoms with van der Waals surface area (Å²) in [6.45, 7) is 14.3. The zero-order valence-corrected chi connectivity index (χ0v) is 20.9. The Morgan fingerprint density at radius 2 is 2.09 bits per heavy atom. The van der Waals surface area contributed by atoms with Gasteiger partial charge >= 0.3 is 5.97 Å². The average molecular weight is 479 g/mol. The van der Waals surface area contributed by atoms with E-state index in [0.29, 0.717) is 19.5 Å². The highest BCUT2D eigenvalue weighted by molar-refractivity contribution is 8.02. The van der Waals surface area contributed by atoms with Crippen LogP contribution in [0.15, 0.2) is 25.3 Å². The van der Waals surface area contributed by atoms with Gasteiger partial charge in [-0.2, -0.15) is 0 Å². The van der Waals surface area contributed by atoms with Crippen molar-refractivity contribution in [2.75, 3.05) is 26.3 Å². The summed E-state index contributed by atoms with van der Waals surface area (Å²) < 4.78 is 4.71. The number of aliphatic hydroxyl groups is 1. The first-order valence-electron chi connectivity index (χ1n) is 12.1. The third-order valence-electron chi connectivity index (χ3n) is 7.34. The third-order valence-corrected chi connectivity index (χ3v) is 9.30. The SMILES string of the molecule is C=CCOC(=O)[C@@H]1[C@H]2C(=O)N([C@@H](CO)C(C)C)C(C(=O)N(CC=C)CCCC)C23CC[C@H]1S3. The Morgan fingerprint density at radius 1 is 1.36 bits per heavy atom. The number of nitrogens with zero attached hydrogens (tertiary/aromatic N) is 2. The second kappa shape index (κ2) is 10.6. The number of thioether (sulfide) groups is 1. The molecule has 3 aliphatic rings. The van der Waals surface area contributed by atoms with Crippen molar-refractivity contribution in [3.05, 3.63) is 25.3 Å². The van der Waals surface area contributed by atoms with Crippen LogP contribution < -0.4 is 0 Å². The number of carbonyl (C=O) groups is 3. The predicted octanol–water partition coefficient (Wildman–Crippen LogP) is 2.64. The van der Waals surface area contributed by atoms with E-state index >= 15 is 0 Å². The van der Waals surface area contributed by atoms with Crippen LogP contribution in [0.2, 0.25) is 0 Å². The molecule has 6 atom stereocenters. The van der Waals surface area contributed by atoms with Crippen molar-refractivity contribution in [3.63, 3.8) is 0 Å². The summed E-state index contributed by atoms with van der Waals surface area (Å²) in [5.41, 5.74) is 0. The molecule has 1 N–H and O–H groups in total. The minimum absolute atomic E-state index is 0.0381. The lowest BCUT2D eigenvalue weighted by Gasteiger charge is -2.40. The molecule has 0 aromatic rings. The molecular weight excluding hydrogens is 440 g/mol. The van der Waals surface area contributed by atoms with Gasteiger partial charge in [0.2, 0.25) is 11.8 Å². The number of fused-ring (bicyclic) bond motifs is 1. The molecule has 2 unspecified atom stereocenters. The standard InChI is InChI=1S/C25H38N2O5S/c1-6-9-13-26(12-7-2)23(30)21-25-11-10-18(33-25)19(24(31)32-14-8-3)20(25)22(29)27(21)17(15-28)16(4)5/h7-8,16-21,28H,2-3,6,9-15H2,1,4-5H3/t17-,18+,19-,20-,21?,25?/m0/s1. The van der Waals surface area contributed by atoms with Crippen molar-refractivity contribution < 1.29 is 24.2 Å². The summed E-state index contributed by atoms with van der Waals surface area (Å²) >= 11 is 1.62. The number of hydrogen-bond acceptors (Lipinski definition) is 6. The van der Waals surface area contributed by atoms with Gasteiger partial charge in [0.15, 0.2) is 0 Å².